The fraction of sp³-hybridized carbons (Fsp3) is 0.583. The number of aromatic nitrogens is 5. The van der Waals surface area contributed by atoms with Crippen molar-refractivity contribution >= 4 is 5.82 Å². The third-order valence-corrected chi connectivity index (χ3v) is 3.05. The molecular formula is C12H19N7O2. The van der Waals surface area contributed by atoms with Crippen LogP contribution in [-0.4, -0.2) is 35.5 Å². The van der Waals surface area contributed by atoms with E-state index in [1.807, 2.05) is 6.20 Å². The van der Waals surface area contributed by atoms with Crippen LogP contribution < -0.4 is 5.32 Å². The van der Waals surface area contributed by atoms with Crippen LogP contribution >= 0.6 is 0 Å². The van der Waals surface area contributed by atoms with Crippen molar-refractivity contribution in [2.75, 3.05) is 0 Å². The topological polar surface area (TPSA) is 104 Å². The van der Waals surface area contributed by atoms with Gasteiger partial charge in [-0.3, -0.25) is 0 Å². The number of imidazole rings is 1. The van der Waals surface area contributed by atoms with Crippen LogP contribution in [0.5, 0.6) is 0 Å². The summed E-state index contributed by atoms with van der Waals surface area (Å²) in [5.74, 6) is 0.609. The Kier molecular flexibility index (Phi) is 4.63. The Labute approximate surface area is 122 Å². The molecule has 2 rings (SSSR count). The number of hydrogen-bond acceptors (Lipinski definition) is 6. The first-order valence-electron chi connectivity index (χ1n) is 6.76. The van der Waals surface area contributed by atoms with Gasteiger partial charge < -0.3 is 15.4 Å². The van der Waals surface area contributed by atoms with Crippen LogP contribution in [0.4, 0.5) is 5.82 Å². The highest BCUT2D eigenvalue weighted by Gasteiger charge is 2.17. The van der Waals surface area contributed by atoms with Gasteiger partial charge >= 0.3 is 5.82 Å². The molecule has 2 heterocycles. The first-order valence-corrected chi connectivity index (χ1v) is 6.76. The SMILES string of the molecule is Cc1ncc([N+](=O)[O-])n1CCn1cc(CNC(C)C)nn1. The molecule has 9 nitrogen and oxygen atoms in total. The minimum absolute atomic E-state index is 0.00527. The van der Waals surface area contributed by atoms with Crippen molar-refractivity contribution < 1.29 is 4.92 Å². The van der Waals surface area contributed by atoms with Crippen LogP contribution in [-0.2, 0) is 19.6 Å². The molecular weight excluding hydrogens is 274 g/mol. The van der Waals surface area contributed by atoms with Gasteiger partial charge in [-0.05, 0) is 4.92 Å². The third-order valence-electron chi connectivity index (χ3n) is 3.05. The van der Waals surface area contributed by atoms with E-state index in [9.17, 15) is 10.1 Å². The molecule has 0 bridgehead atoms. The lowest BCUT2D eigenvalue weighted by Gasteiger charge is -2.04. The van der Waals surface area contributed by atoms with E-state index in [-0.39, 0.29) is 5.82 Å². The van der Waals surface area contributed by atoms with Crippen LogP contribution in [0, 0.1) is 17.0 Å². The first kappa shape index (κ1) is 15.1. The predicted molar refractivity (Wildman–Crippen MR) is 75.6 cm³/mol. The number of rotatable bonds is 7. The van der Waals surface area contributed by atoms with Crippen molar-refractivity contribution in [3.8, 4) is 0 Å². The van der Waals surface area contributed by atoms with Gasteiger partial charge in [-0.15, -0.1) is 5.10 Å². The second-order valence-electron chi connectivity index (χ2n) is 5.08. The van der Waals surface area contributed by atoms with E-state index in [4.69, 9.17) is 0 Å². The maximum absolute atomic E-state index is 10.9. The molecule has 0 aliphatic carbocycles. The molecule has 0 fully saturated rings. The summed E-state index contributed by atoms with van der Waals surface area (Å²) in [5.41, 5.74) is 0.848. The summed E-state index contributed by atoms with van der Waals surface area (Å²) >= 11 is 0. The average molecular weight is 293 g/mol. The lowest BCUT2D eigenvalue weighted by Crippen LogP contribution is -2.21. The summed E-state index contributed by atoms with van der Waals surface area (Å²) in [7, 11) is 0. The molecule has 0 aromatic carbocycles. The zero-order valence-corrected chi connectivity index (χ0v) is 12.4. The predicted octanol–water partition coefficient (Wildman–Crippen LogP) is 0.889. The molecule has 0 aliphatic rings. The van der Waals surface area contributed by atoms with E-state index in [1.165, 1.54) is 6.20 Å². The monoisotopic (exact) mass is 293 g/mol. The number of nitrogens with zero attached hydrogens (tertiary/aromatic N) is 6. The Bertz CT molecular complexity index is 617. The molecule has 21 heavy (non-hydrogen) atoms. The number of aryl methyl sites for hydroxylation is 2. The highest BCUT2D eigenvalue weighted by atomic mass is 16.6. The Morgan fingerprint density at radius 1 is 1.43 bits per heavy atom. The van der Waals surface area contributed by atoms with Crippen molar-refractivity contribution in [2.24, 2.45) is 0 Å². The number of hydrogen-bond donors (Lipinski definition) is 1. The fourth-order valence-electron chi connectivity index (χ4n) is 1.92. The molecule has 9 heteroatoms. The summed E-state index contributed by atoms with van der Waals surface area (Å²) < 4.78 is 3.24. The van der Waals surface area contributed by atoms with Gasteiger partial charge in [0.25, 0.3) is 0 Å². The highest BCUT2D eigenvalue weighted by molar-refractivity contribution is 5.18. The summed E-state index contributed by atoms with van der Waals surface area (Å²) in [4.78, 5) is 14.4. The first-order chi connectivity index (χ1) is 9.97. The molecule has 2 aromatic heterocycles. The molecule has 0 atom stereocenters. The number of nitro groups is 1. The molecule has 0 unspecified atom stereocenters. The second kappa shape index (κ2) is 6.44. The summed E-state index contributed by atoms with van der Waals surface area (Å²) in [6.07, 6.45) is 3.11. The van der Waals surface area contributed by atoms with Crippen LogP contribution in [0.1, 0.15) is 25.4 Å². The van der Waals surface area contributed by atoms with Crippen LogP contribution in [0.2, 0.25) is 0 Å². The van der Waals surface area contributed by atoms with Gasteiger partial charge in [0.1, 0.15) is 12.7 Å². The van der Waals surface area contributed by atoms with Crippen LogP contribution in [0.3, 0.4) is 0 Å². The molecule has 0 aliphatic heterocycles. The van der Waals surface area contributed by atoms with Crippen molar-refractivity contribution in [2.45, 2.75) is 46.4 Å². The van der Waals surface area contributed by atoms with E-state index < -0.39 is 4.92 Å². The van der Waals surface area contributed by atoms with Gasteiger partial charge in [-0.1, -0.05) is 19.1 Å². The average Bonchev–Trinajstić information content (AvgIpc) is 3.00. The zero-order chi connectivity index (χ0) is 15.4. The maximum atomic E-state index is 10.9. The lowest BCUT2D eigenvalue weighted by molar-refractivity contribution is -0.392. The van der Waals surface area contributed by atoms with Gasteiger partial charge in [0.2, 0.25) is 0 Å². The molecule has 0 amide bonds. The largest absolute Gasteiger partial charge is 0.358 e. The van der Waals surface area contributed by atoms with Crippen molar-refractivity contribution in [1.29, 1.82) is 0 Å². The van der Waals surface area contributed by atoms with Crippen molar-refractivity contribution in [3.63, 3.8) is 0 Å². The van der Waals surface area contributed by atoms with E-state index in [0.717, 1.165) is 5.69 Å². The van der Waals surface area contributed by atoms with E-state index in [2.05, 4.69) is 34.5 Å². The van der Waals surface area contributed by atoms with Gasteiger partial charge in [-0.2, -0.15) is 0 Å². The van der Waals surface area contributed by atoms with Gasteiger partial charge in [0.05, 0.1) is 12.2 Å². The van der Waals surface area contributed by atoms with E-state index >= 15 is 0 Å². The Morgan fingerprint density at radius 3 is 2.86 bits per heavy atom. The molecule has 2 aromatic rings. The zero-order valence-electron chi connectivity index (χ0n) is 12.4. The van der Waals surface area contributed by atoms with Crippen LogP contribution in [0.25, 0.3) is 0 Å². The van der Waals surface area contributed by atoms with Gasteiger partial charge in [0, 0.05) is 25.7 Å². The van der Waals surface area contributed by atoms with Gasteiger partial charge in [0.15, 0.2) is 5.82 Å². The lowest BCUT2D eigenvalue weighted by atomic mass is 10.3. The van der Waals surface area contributed by atoms with Crippen molar-refractivity contribution in [1.82, 2.24) is 29.9 Å². The molecule has 0 spiro atoms. The van der Waals surface area contributed by atoms with Crippen LogP contribution in [0.15, 0.2) is 12.4 Å². The quantitative estimate of drug-likeness (QED) is 0.600. The number of nitrogens with one attached hydrogen (secondary N) is 1. The standard InChI is InChI=1S/C12H19N7O2/c1-9(2)13-6-11-8-17(16-15-11)4-5-18-10(3)14-7-12(18)19(20)21/h7-9,13H,4-6H2,1-3H3. The van der Waals surface area contributed by atoms with Gasteiger partial charge in [-0.25, -0.2) is 14.2 Å². The fourth-order valence-corrected chi connectivity index (χ4v) is 1.92. The Hall–Kier alpha value is -2.29. The smallest absolute Gasteiger partial charge is 0.342 e. The molecule has 114 valence electrons. The second-order valence-corrected chi connectivity index (χ2v) is 5.08. The summed E-state index contributed by atoms with van der Waals surface area (Å²) in [6, 6.07) is 0.381. The molecule has 0 saturated heterocycles. The third kappa shape index (κ3) is 3.85. The van der Waals surface area contributed by atoms with Crippen molar-refractivity contribution in [3.05, 3.63) is 34.0 Å². The minimum atomic E-state index is -0.431. The Morgan fingerprint density at radius 2 is 2.19 bits per heavy atom. The normalized spacial score (nSPS) is 11.2. The maximum Gasteiger partial charge on any atom is 0.342 e. The Balaban J connectivity index is 1.97. The molecule has 0 saturated carbocycles. The van der Waals surface area contributed by atoms with E-state index in [1.54, 1.807) is 16.2 Å². The molecule has 1 N–H and O–H groups in total. The highest BCUT2D eigenvalue weighted by Crippen LogP contribution is 2.13. The molecule has 0 radical (unpaired) electrons. The summed E-state index contributed by atoms with van der Waals surface area (Å²) in [6.45, 7) is 7.46. The summed E-state index contributed by atoms with van der Waals surface area (Å²) in [5, 5.41) is 22.2. The van der Waals surface area contributed by atoms with E-state index in [0.29, 0.717) is 31.5 Å². The minimum Gasteiger partial charge on any atom is -0.358 e.